The maximum absolute atomic E-state index is 11.3. The highest BCUT2D eigenvalue weighted by atomic mass is 16.5. The summed E-state index contributed by atoms with van der Waals surface area (Å²) in [5, 5.41) is 11.4. The van der Waals surface area contributed by atoms with Gasteiger partial charge in [-0.05, 0) is 30.7 Å². The normalized spacial score (nSPS) is 26.8. The van der Waals surface area contributed by atoms with Crippen molar-refractivity contribution in [1.29, 1.82) is 0 Å². The number of quaternary nitrogens is 1. The van der Waals surface area contributed by atoms with Gasteiger partial charge >= 0.3 is 0 Å². The lowest BCUT2D eigenvalue weighted by atomic mass is 9.99. The first-order chi connectivity index (χ1) is 5.79. The minimum Gasteiger partial charge on any atom is -0.629 e. The van der Waals surface area contributed by atoms with Gasteiger partial charge in [0.1, 0.15) is 6.04 Å². The van der Waals surface area contributed by atoms with Crippen LogP contribution in [0.25, 0.3) is 6.08 Å². The van der Waals surface area contributed by atoms with Crippen LogP contribution in [0.1, 0.15) is 24.1 Å². The maximum Gasteiger partial charge on any atom is 0.115 e. The van der Waals surface area contributed by atoms with E-state index in [0.29, 0.717) is 0 Å². The monoisotopic (exact) mass is 160 g/mol. The predicted octanol–water partition coefficient (Wildman–Crippen LogP) is 0.915. The van der Waals surface area contributed by atoms with Crippen molar-refractivity contribution < 1.29 is 5.06 Å². The zero-order valence-corrected chi connectivity index (χ0v) is 6.87. The van der Waals surface area contributed by atoms with E-state index in [1.807, 2.05) is 31.2 Å². The number of nitrogens with one attached hydrogen (secondary N) is 1. The average molecular weight is 160 g/mol. The summed E-state index contributed by atoms with van der Waals surface area (Å²) in [6.45, 7) is 1.94. The molecule has 1 aliphatic heterocycles. The number of hydrogen-bond acceptors (Lipinski definition) is 1. The van der Waals surface area contributed by atoms with Crippen LogP contribution in [-0.4, -0.2) is 0 Å². The summed E-state index contributed by atoms with van der Waals surface area (Å²) in [6.07, 6.45) is 3.50. The third-order valence-corrected chi connectivity index (χ3v) is 2.25. The molecule has 0 amide bonds. The quantitative estimate of drug-likeness (QED) is 0.561. The van der Waals surface area contributed by atoms with Crippen LogP contribution in [0.5, 0.6) is 0 Å². The number of fused-ring (bicyclic) bond motifs is 1. The molecule has 2 rings (SSSR count). The van der Waals surface area contributed by atoms with Crippen molar-refractivity contribution >= 4 is 6.08 Å². The lowest BCUT2D eigenvalue weighted by molar-refractivity contribution is -0.825. The van der Waals surface area contributed by atoms with Gasteiger partial charge in [-0.3, -0.25) is 0 Å². The molecule has 0 aromatic heterocycles. The van der Waals surface area contributed by atoms with Crippen LogP contribution >= 0.6 is 0 Å². The van der Waals surface area contributed by atoms with Crippen molar-refractivity contribution in [3.05, 3.63) is 46.8 Å². The van der Waals surface area contributed by atoms with E-state index in [1.54, 1.807) is 6.20 Å². The Kier molecular flexibility index (Phi) is 1.71. The van der Waals surface area contributed by atoms with E-state index in [9.17, 15) is 5.21 Å². The highest BCUT2D eigenvalue weighted by molar-refractivity contribution is 5.54. The van der Waals surface area contributed by atoms with Gasteiger partial charge < -0.3 is 10.3 Å². The van der Waals surface area contributed by atoms with E-state index in [4.69, 9.17) is 0 Å². The van der Waals surface area contributed by atoms with E-state index in [1.165, 1.54) is 0 Å². The summed E-state index contributed by atoms with van der Waals surface area (Å²) in [4.78, 5) is 0. The van der Waals surface area contributed by atoms with Crippen molar-refractivity contribution in [2.75, 3.05) is 0 Å². The van der Waals surface area contributed by atoms with E-state index >= 15 is 0 Å². The molecule has 2 atom stereocenters. The molecule has 1 aromatic rings. The second kappa shape index (κ2) is 2.73. The second-order valence-corrected chi connectivity index (χ2v) is 3.01. The van der Waals surface area contributed by atoms with Crippen LogP contribution < -0.4 is 5.06 Å². The summed E-state index contributed by atoms with van der Waals surface area (Å²) in [5.74, 6) is 0. The van der Waals surface area contributed by atoms with E-state index in [2.05, 4.69) is 6.07 Å². The Bertz CT molecular complexity index is 319. The Morgan fingerprint density at radius 1 is 1.58 bits per heavy atom. The molecule has 61 valence electrons. The largest absolute Gasteiger partial charge is 0.629 e. The van der Waals surface area contributed by atoms with Crippen molar-refractivity contribution in [1.82, 2.24) is 0 Å². The van der Waals surface area contributed by atoms with Crippen LogP contribution in [0.4, 0.5) is 0 Å². The molecule has 0 bridgehead atoms. The first kappa shape index (κ1) is 7.53. The molecule has 1 N–H and O–H groups in total. The fourth-order valence-corrected chi connectivity index (χ4v) is 1.46. The van der Waals surface area contributed by atoms with Crippen LogP contribution in [-0.2, 0) is 0 Å². The van der Waals surface area contributed by atoms with E-state index in [0.717, 1.165) is 11.1 Å². The fraction of sp³-hybridized carbons (Fsp3) is 0.200. The van der Waals surface area contributed by atoms with Gasteiger partial charge in [0.05, 0.1) is 6.20 Å². The van der Waals surface area contributed by atoms with Gasteiger partial charge in [0, 0.05) is 5.56 Å². The van der Waals surface area contributed by atoms with Crippen LogP contribution in [0.3, 0.4) is 0 Å². The molecule has 0 aliphatic carbocycles. The Balaban J connectivity index is 2.52. The van der Waals surface area contributed by atoms with Gasteiger partial charge in [-0.25, -0.2) is 0 Å². The summed E-state index contributed by atoms with van der Waals surface area (Å²) >= 11 is 0. The molecule has 12 heavy (non-hydrogen) atoms. The lowest BCUT2D eigenvalue weighted by Gasteiger charge is -2.29. The molecule has 1 aliphatic rings. The molecule has 1 aromatic carbocycles. The van der Waals surface area contributed by atoms with Crippen molar-refractivity contribution in [3.8, 4) is 0 Å². The first-order valence-corrected chi connectivity index (χ1v) is 4.01. The average Bonchev–Trinajstić information content (AvgIpc) is 2.12. The Hall–Kier alpha value is -1.12. The Labute approximate surface area is 71.7 Å². The second-order valence-electron chi connectivity index (χ2n) is 3.01. The topological polar surface area (TPSA) is 27.5 Å². The smallest absolute Gasteiger partial charge is 0.115 e. The van der Waals surface area contributed by atoms with Gasteiger partial charge in [0.15, 0.2) is 0 Å². The molecular formula is C10H10NO. The number of rotatable bonds is 0. The molecule has 0 saturated carbocycles. The van der Waals surface area contributed by atoms with Gasteiger partial charge in [-0.1, -0.05) is 12.1 Å². The minimum atomic E-state index is 0.0135. The van der Waals surface area contributed by atoms with E-state index < -0.39 is 0 Å². The maximum atomic E-state index is 11.3. The van der Waals surface area contributed by atoms with Crippen molar-refractivity contribution in [2.45, 2.75) is 13.0 Å². The Morgan fingerprint density at radius 2 is 2.42 bits per heavy atom. The first-order valence-electron chi connectivity index (χ1n) is 4.01. The predicted molar refractivity (Wildman–Crippen MR) is 47.1 cm³/mol. The lowest BCUT2D eigenvalue weighted by Crippen LogP contribution is -3.02. The van der Waals surface area contributed by atoms with Gasteiger partial charge in [-0.2, -0.15) is 0 Å². The summed E-state index contributed by atoms with van der Waals surface area (Å²) < 4.78 is 0. The van der Waals surface area contributed by atoms with E-state index in [-0.39, 0.29) is 11.1 Å². The van der Waals surface area contributed by atoms with Crippen LogP contribution in [0.15, 0.2) is 24.4 Å². The number of hydroxylamine groups is 2. The van der Waals surface area contributed by atoms with Gasteiger partial charge in [0.25, 0.3) is 0 Å². The van der Waals surface area contributed by atoms with Gasteiger partial charge in [-0.15, -0.1) is 0 Å². The van der Waals surface area contributed by atoms with Crippen molar-refractivity contribution in [2.24, 2.45) is 0 Å². The molecule has 0 spiro atoms. The fourth-order valence-electron chi connectivity index (χ4n) is 1.46. The highest BCUT2D eigenvalue weighted by Gasteiger charge is 2.17. The molecule has 2 unspecified atom stereocenters. The summed E-state index contributed by atoms with van der Waals surface area (Å²) in [7, 11) is 0. The molecule has 0 fully saturated rings. The summed E-state index contributed by atoms with van der Waals surface area (Å²) in [5.41, 5.74) is 2.23. The van der Waals surface area contributed by atoms with Crippen molar-refractivity contribution in [3.63, 3.8) is 0 Å². The zero-order chi connectivity index (χ0) is 8.55. The summed E-state index contributed by atoms with van der Waals surface area (Å²) in [6, 6.07) is 8.73. The van der Waals surface area contributed by atoms with Gasteiger partial charge in [0.2, 0.25) is 0 Å². The SMILES string of the molecule is CC1c2cc[c]cc2C=C[NH+]1[O-]. The third kappa shape index (κ3) is 1.05. The molecule has 2 nitrogen and oxygen atoms in total. The number of benzene rings is 1. The standard InChI is InChI=1S/C10H10NO/c1-8-10-5-3-2-4-9(10)6-7-11(8)12/h3-8,11H,1H3. The number of hydrogen-bond donors (Lipinski definition) is 1. The van der Waals surface area contributed by atoms with Crippen LogP contribution in [0, 0.1) is 11.3 Å². The molecule has 0 saturated heterocycles. The molecule has 1 radical (unpaired) electrons. The highest BCUT2D eigenvalue weighted by Crippen LogP contribution is 2.18. The minimum absolute atomic E-state index is 0.0135. The third-order valence-electron chi connectivity index (χ3n) is 2.25. The van der Waals surface area contributed by atoms with Crippen LogP contribution in [0.2, 0.25) is 0 Å². The Morgan fingerprint density at radius 3 is 3.25 bits per heavy atom. The zero-order valence-electron chi connectivity index (χ0n) is 6.87. The molecule has 2 heteroatoms. The molecular weight excluding hydrogens is 150 g/mol. The molecule has 1 heterocycles.